The fraction of sp³-hybridized carbons (Fsp3) is 0.286. The minimum absolute atomic E-state index is 0.146. The van der Waals surface area contributed by atoms with Crippen LogP contribution < -0.4 is 0 Å². The van der Waals surface area contributed by atoms with E-state index in [2.05, 4.69) is 10.2 Å². The van der Waals surface area contributed by atoms with Gasteiger partial charge in [0.2, 0.25) is 0 Å². The zero-order valence-corrected chi connectivity index (χ0v) is 10.8. The molecular weight excluding hydrogens is 258 g/mol. The number of carbonyl (C=O) groups is 1. The monoisotopic (exact) mass is 273 g/mol. The minimum atomic E-state index is -0.433. The Kier molecular flexibility index (Phi) is 3.39. The van der Waals surface area contributed by atoms with E-state index in [1.54, 1.807) is 6.20 Å². The third-order valence-corrected chi connectivity index (χ3v) is 3.43. The summed E-state index contributed by atoms with van der Waals surface area (Å²) in [6.45, 7) is 0.460. The van der Waals surface area contributed by atoms with Crippen LogP contribution in [0.25, 0.3) is 0 Å². The lowest BCUT2D eigenvalue weighted by Gasteiger charge is -2.22. The lowest BCUT2D eigenvalue weighted by Crippen LogP contribution is -2.32. The van der Waals surface area contributed by atoms with Crippen LogP contribution in [0.4, 0.5) is 4.79 Å². The van der Waals surface area contributed by atoms with E-state index in [4.69, 9.17) is 4.74 Å². The molecule has 0 radical (unpaired) electrons. The third kappa shape index (κ3) is 2.25. The quantitative estimate of drug-likeness (QED) is 0.890. The molecule has 3 rings (SSSR count). The number of fused-ring (bicyclic) bond motifs is 1. The van der Waals surface area contributed by atoms with E-state index in [0.717, 1.165) is 16.8 Å². The summed E-state index contributed by atoms with van der Waals surface area (Å²) in [6.07, 6.45) is 1.21. The van der Waals surface area contributed by atoms with E-state index in [0.29, 0.717) is 6.54 Å². The molecule has 2 aromatic rings. The van der Waals surface area contributed by atoms with Gasteiger partial charge in [-0.05, 0) is 5.56 Å². The van der Waals surface area contributed by atoms with Gasteiger partial charge in [0.1, 0.15) is 6.61 Å². The van der Waals surface area contributed by atoms with Crippen molar-refractivity contribution in [1.82, 2.24) is 15.1 Å². The van der Waals surface area contributed by atoms with Gasteiger partial charge in [0, 0.05) is 5.56 Å². The summed E-state index contributed by atoms with van der Waals surface area (Å²) in [5.74, 6) is 0. The van der Waals surface area contributed by atoms with E-state index >= 15 is 0 Å². The highest BCUT2D eigenvalue weighted by Crippen LogP contribution is 2.32. The molecule has 1 amide bonds. The van der Waals surface area contributed by atoms with Crippen LogP contribution in [-0.2, 0) is 17.9 Å². The van der Waals surface area contributed by atoms with Gasteiger partial charge in [-0.25, -0.2) is 4.79 Å². The Morgan fingerprint density at radius 1 is 1.45 bits per heavy atom. The van der Waals surface area contributed by atoms with E-state index in [1.165, 1.54) is 4.90 Å². The van der Waals surface area contributed by atoms with Crippen LogP contribution in [0, 0.1) is 0 Å². The Morgan fingerprint density at radius 3 is 3.00 bits per heavy atom. The summed E-state index contributed by atoms with van der Waals surface area (Å²) in [4.78, 5) is 13.6. The van der Waals surface area contributed by atoms with Crippen LogP contribution in [0.2, 0.25) is 0 Å². The van der Waals surface area contributed by atoms with E-state index in [-0.39, 0.29) is 19.3 Å². The number of aromatic amines is 1. The number of amides is 1. The SMILES string of the molecule is O=C(OCc1ccccc1)N1Cc2[nH]ncc2C1CO. The molecule has 0 saturated heterocycles. The van der Waals surface area contributed by atoms with Gasteiger partial charge in [-0.2, -0.15) is 5.10 Å². The van der Waals surface area contributed by atoms with Crippen LogP contribution in [0.5, 0.6) is 0 Å². The number of H-pyrrole nitrogens is 1. The van der Waals surface area contributed by atoms with Crippen molar-refractivity contribution in [3.63, 3.8) is 0 Å². The first-order valence-corrected chi connectivity index (χ1v) is 6.40. The van der Waals surface area contributed by atoms with Crippen molar-refractivity contribution in [2.24, 2.45) is 0 Å². The predicted molar refractivity (Wildman–Crippen MR) is 70.6 cm³/mol. The number of aromatic nitrogens is 2. The molecule has 0 bridgehead atoms. The zero-order valence-electron chi connectivity index (χ0n) is 10.8. The number of nitrogens with zero attached hydrogens (tertiary/aromatic N) is 2. The van der Waals surface area contributed by atoms with Crippen LogP contribution in [0.3, 0.4) is 0 Å². The number of rotatable bonds is 3. The number of ether oxygens (including phenoxy) is 1. The molecule has 1 atom stereocenters. The fourth-order valence-corrected chi connectivity index (χ4v) is 2.38. The highest BCUT2D eigenvalue weighted by Gasteiger charge is 2.35. The second-order valence-corrected chi connectivity index (χ2v) is 4.67. The number of carbonyl (C=O) groups excluding carboxylic acids is 1. The van der Waals surface area contributed by atoms with Crippen LogP contribution in [0.15, 0.2) is 36.5 Å². The van der Waals surface area contributed by atoms with Gasteiger partial charge in [0.25, 0.3) is 0 Å². The Balaban J connectivity index is 1.65. The molecule has 2 N–H and O–H groups in total. The molecule has 0 saturated carbocycles. The summed E-state index contributed by atoms with van der Waals surface area (Å²) in [5, 5.41) is 16.2. The summed E-state index contributed by atoms with van der Waals surface area (Å²) in [5.41, 5.74) is 2.63. The lowest BCUT2D eigenvalue weighted by atomic mass is 10.2. The molecule has 2 heterocycles. The first-order valence-electron chi connectivity index (χ1n) is 6.40. The molecule has 0 spiro atoms. The van der Waals surface area contributed by atoms with Gasteiger partial charge >= 0.3 is 6.09 Å². The minimum Gasteiger partial charge on any atom is -0.445 e. The summed E-state index contributed by atoms with van der Waals surface area (Å²) < 4.78 is 5.29. The average Bonchev–Trinajstić information content (AvgIpc) is 3.06. The van der Waals surface area contributed by atoms with Crippen LogP contribution in [0.1, 0.15) is 22.9 Å². The van der Waals surface area contributed by atoms with Crippen molar-refractivity contribution >= 4 is 6.09 Å². The molecule has 104 valence electrons. The molecule has 0 fully saturated rings. The lowest BCUT2D eigenvalue weighted by molar-refractivity contribution is 0.0680. The standard InChI is InChI=1S/C14H15N3O3/c18-8-13-11-6-15-16-12(11)7-17(13)14(19)20-9-10-4-2-1-3-5-10/h1-6,13,18H,7-9H2,(H,15,16). The van der Waals surface area contributed by atoms with Crippen molar-refractivity contribution in [3.05, 3.63) is 53.3 Å². The van der Waals surface area contributed by atoms with Crippen molar-refractivity contribution in [1.29, 1.82) is 0 Å². The number of aliphatic hydroxyl groups is 1. The van der Waals surface area contributed by atoms with Gasteiger partial charge in [0.05, 0.1) is 31.1 Å². The van der Waals surface area contributed by atoms with E-state index in [9.17, 15) is 9.90 Å². The number of hydrogen-bond donors (Lipinski definition) is 2. The topological polar surface area (TPSA) is 78.5 Å². The fourth-order valence-electron chi connectivity index (χ4n) is 2.38. The van der Waals surface area contributed by atoms with Gasteiger partial charge in [-0.15, -0.1) is 0 Å². The molecule has 6 nitrogen and oxygen atoms in total. The Labute approximate surface area is 116 Å². The number of aliphatic hydroxyl groups excluding tert-OH is 1. The number of hydrogen-bond acceptors (Lipinski definition) is 4. The van der Waals surface area contributed by atoms with Gasteiger partial charge < -0.3 is 9.84 Å². The smallest absolute Gasteiger partial charge is 0.411 e. The van der Waals surface area contributed by atoms with Crippen molar-refractivity contribution in [2.75, 3.05) is 6.61 Å². The maximum Gasteiger partial charge on any atom is 0.411 e. The normalized spacial score (nSPS) is 17.1. The van der Waals surface area contributed by atoms with Crippen molar-refractivity contribution in [2.45, 2.75) is 19.2 Å². The highest BCUT2D eigenvalue weighted by atomic mass is 16.6. The molecule has 6 heteroatoms. The number of nitrogens with one attached hydrogen (secondary N) is 1. The van der Waals surface area contributed by atoms with Gasteiger partial charge in [0.15, 0.2) is 0 Å². The van der Waals surface area contributed by atoms with Crippen LogP contribution >= 0.6 is 0 Å². The molecule has 1 aliphatic heterocycles. The average molecular weight is 273 g/mol. The highest BCUT2D eigenvalue weighted by molar-refractivity contribution is 5.69. The van der Waals surface area contributed by atoms with Gasteiger partial charge in [-0.1, -0.05) is 30.3 Å². The van der Waals surface area contributed by atoms with Crippen molar-refractivity contribution < 1.29 is 14.6 Å². The summed E-state index contributed by atoms with van der Waals surface area (Å²) >= 11 is 0. The second kappa shape index (κ2) is 5.34. The first kappa shape index (κ1) is 12.7. The Bertz CT molecular complexity index is 597. The molecular formula is C14H15N3O3. The molecule has 0 aliphatic carbocycles. The second-order valence-electron chi connectivity index (χ2n) is 4.67. The van der Waals surface area contributed by atoms with E-state index in [1.807, 2.05) is 30.3 Å². The maximum atomic E-state index is 12.1. The third-order valence-electron chi connectivity index (χ3n) is 3.43. The largest absolute Gasteiger partial charge is 0.445 e. The van der Waals surface area contributed by atoms with Gasteiger partial charge in [-0.3, -0.25) is 10.00 Å². The van der Waals surface area contributed by atoms with Crippen molar-refractivity contribution in [3.8, 4) is 0 Å². The molecule has 20 heavy (non-hydrogen) atoms. The molecule has 1 aliphatic rings. The zero-order chi connectivity index (χ0) is 13.9. The maximum absolute atomic E-state index is 12.1. The molecule has 1 aromatic carbocycles. The van der Waals surface area contributed by atoms with Crippen LogP contribution in [-0.4, -0.2) is 32.9 Å². The number of benzene rings is 1. The molecule has 1 aromatic heterocycles. The summed E-state index contributed by atoms with van der Waals surface area (Å²) in [6, 6.07) is 9.11. The molecule has 1 unspecified atom stereocenters. The Morgan fingerprint density at radius 2 is 2.25 bits per heavy atom. The predicted octanol–water partition coefficient (Wildman–Crippen LogP) is 1.60. The van der Waals surface area contributed by atoms with E-state index < -0.39 is 6.09 Å². The Hall–Kier alpha value is -2.34. The summed E-state index contributed by atoms with van der Waals surface area (Å²) in [7, 11) is 0. The first-order chi connectivity index (χ1) is 9.79.